The van der Waals surface area contributed by atoms with Crippen molar-refractivity contribution >= 4 is 15.9 Å². The zero-order chi connectivity index (χ0) is 17.0. The Bertz CT molecular complexity index is 613. The van der Waals surface area contributed by atoms with Crippen molar-refractivity contribution in [2.75, 3.05) is 33.4 Å². The molecule has 1 aliphatic heterocycles. The monoisotopic (exact) mass is 343 g/mol. The Morgan fingerprint density at radius 2 is 2.22 bits per heavy atom. The van der Waals surface area contributed by atoms with Gasteiger partial charge in [-0.25, -0.2) is 8.42 Å². The van der Waals surface area contributed by atoms with E-state index in [9.17, 15) is 13.2 Å². The van der Waals surface area contributed by atoms with Crippen LogP contribution in [-0.2, 0) is 14.8 Å². The highest BCUT2D eigenvalue weighted by Crippen LogP contribution is 2.21. The number of likely N-dealkylation sites (N-methyl/N-ethyl adjacent to an activating group) is 1. The fourth-order valence-electron chi connectivity index (χ4n) is 2.90. The number of amides is 1. The number of nitrogens with zero attached hydrogens (tertiary/aromatic N) is 2. The molecule has 1 fully saturated rings. The number of furan rings is 1. The fraction of sp³-hybridized carbons (Fsp3) is 0.667. The second kappa shape index (κ2) is 7.46. The second-order valence-corrected chi connectivity index (χ2v) is 8.06. The molecule has 23 heavy (non-hydrogen) atoms. The minimum Gasteiger partial charge on any atom is -0.468 e. The normalized spacial score (nSPS) is 21.3. The minimum atomic E-state index is -3.37. The predicted octanol–water partition coefficient (Wildman–Crippen LogP) is 0.813. The molecule has 2 unspecified atom stereocenters. The van der Waals surface area contributed by atoms with E-state index in [1.807, 2.05) is 25.1 Å². The van der Waals surface area contributed by atoms with Gasteiger partial charge >= 0.3 is 0 Å². The Hall–Kier alpha value is -1.38. The Morgan fingerprint density at radius 3 is 2.78 bits per heavy atom. The first-order chi connectivity index (χ1) is 10.8. The molecule has 0 aromatic carbocycles. The summed E-state index contributed by atoms with van der Waals surface area (Å²) in [5.74, 6) is 0.521. The van der Waals surface area contributed by atoms with E-state index in [0.29, 0.717) is 19.5 Å². The van der Waals surface area contributed by atoms with E-state index in [1.54, 1.807) is 12.3 Å². The summed E-state index contributed by atoms with van der Waals surface area (Å²) < 4.78 is 30.4. The number of nitrogens with one attached hydrogen (secondary N) is 1. The molecular formula is C15H25N3O4S. The Kier molecular flexibility index (Phi) is 5.83. The van der Waals surface area contributed by atoms with Crippen molar-refractivity contribution in [3.05, 3.63) is 24.2 Å². The molecule has 7 nitrogen and oxygen atoms in total. The van der Waals surface area contributed by atoms with Crippen molar-refractivity contribution in [3.8, 4) is 0 Å². The van der Waals surface area contributed by atoms with Crippen LogP contribution in [0, 0.1) is 0 Å². The van der Waals surface area contributed by atoms with Gasteiger partial charge in [-0.05, 0) is 39.1 Å². The zero-order valence-electron chi connectivity index (χ0n) is 13.9. The van der Waals surface area contributed by atoms with Gasteiger partial charge in [-0.2, -0.15) is 4.31 Å². The van der Waals surface area contributed by atoms with Crippen LogP contribution < -0.4 is 5.32 Å². The number of hydrogen-bond acceptors (Lipinski definition) is 5. The first kappa shape index (κ1) is 18.0. The maximum atomic E-state index is 12.5. The lowest BCUT2D eigenvalue weighted by Crippen LogP contribution is -2.52. The van der Waals surface area contributed by atoms with Crippen molar-refractivity contribution in [2.24, 2.45) is 0 Å². The van der Waals surface area contributed by atoms with Crippen molar-refractivity contribution in [1.29, 1.82) is 0 Å². The minimum absolute atomic E-state index is 0.0933. The van der Waals surface area contributed by atoms with Gasteiger partial charge in [0.05, 0.1) is 18.6 Å². The summed E-state index contributed by atoms with van der Waals surface area (Å²) in [7, 11) is 0.436. The van der Waals surface area contributed by atoms with Crippen LogP contribution in [0.25, 0.3) is 0 Å². The van der Waals surface area contributed by atoms with E-state index >= 15 is 0 Å². The van der Waals surface area contributed by atoms with Gasteiger partial charge in [-0.1, -0.05) is 6.42 Å². The van der Waals surface area contributed by atoms with E-state index in [4.69, 9.17) is 4.42 Å². The molecule has 1 aromatic rings. The zero-order valence-corrected chi connectivity index (χ0v) is 14.7. The molecule has 0 spiro atoms. The lowest BCUT2D eigenvalue weighted by atomic mass is 10.0. The average Bonchev–Trinajstić information content (AvgIpc) is 3.00. The van der Waals surface area contributed by atoms with Gasteiger partial charge in [0.15, 0.2) is 0 Å². The Labute approximate surface area is 137 Å². The largest absolute Gasteiger partial charge is 0.468 e. The highest BCUT2D eigenvalue weighted by molar-refractivity contribution is 7.88. The SMILES string of the molecule is CN(C)C(CNC(=O)C1CCCCN1S(C)(=O)=O)c1ccco1. The van der Waals surface area contributed by atoms with Crippen molar-refractivity contribution < 1.29 is 17.6 Å². The van der Waals surface area contributed by atoms with Crippen LogP contribution in [0.4, 0.5) is 0 Å². The summed E-state index contributed by atoms with van der Waals surface area (Å²) in [5, 5.41) is 2.88. The maximum Gasteiger partial charge on any atom is 0.238 e. The second-order valence-electron chi connectivity index (χ2n) is 6.13. The van der Waals surface area contributed by atoms with Gasteiger partial charge in [0, 0.05) is 13.1 Å². The van der Waals surface area contributed by atoms with Crippen LogP contribution in [0.2, 0.25) is 0 Å². The topological polar surface area (TPSA) is 82.9 Å². The summed E-state index contributed by atoms with van der Waals surface area (Å²) >= 11 is 0. The maximum absolute atomic E-state index is 12.5. The van der Waals surface area contributed by atoms with Gasteiger partial charge in [0.1, 0.15) is 11.8 Å². The number of rotatable bonds is 6. The third-order valence-electron chi connectivity index (χ3n) is 4.15. The summed E-state index contributed by atoms with van der Waals surface area (Å²) in [4.78, 5) is 14.4. The number of carbonyl (C=O) groups excluding carboxylic acids is 1. The number of sulfonamides is 1. The van der Waals surface area contributed by atoms with Gasteiger partial charge in [-0.3, -0.25) is 9.69 Å². The molecule has 0 bridgehead atoms. The third-order valence-corrected chi connectivity index (χ3v) is 5.44. The van der Waals surface area contributed by atoms with Crippen molar-refractivity contribution in [3.63, 3.8) is 0 Å². The quantitative estimate of drug-likeness (QED) is 0.826. The molecule has 0 radical (unpaired) electrons. The molecule has 130 valence electrons. The highest BCUT2D eigenvalue weighted by Gasteiger charge is 2.34. The average molecular weight is 343 g/mol. The lowest BCUT2D eigenvalue weighted by Gasteiger charge is -2.33. The van der Waals surface area contributed by atoms with E-state index in [1.165, 1.54) is 4.31 Å². The Morgan fingerprint density at radius 1 is 1.48 bits per heavy atom. The number of hydrogen-bond donors (Lipinski definition) is 1. The van der Waals surface area contributed by atoms with E-state index in [2.05, 4.69) is 5.32 Å². The van der Waals surface area contributed by atoms with Crippen molar-refractivity contribution in [1.82, 2.24) is 14.5 Å². The number of piperidine rings is 1. The number of carbonyl (C=O) groups is 1. The summed E-state index contributed by atoms with van der Waals surface area (Å²) in [6.45, 7) is 0.777. The highest BCUT2D eigenvalue weighted by atomic mass is 32.2. The van der Waals surface area contributed by atoms with Crippen LogP contribution in [0.3, 0.4) is 0 Å². The van der Waals surface area contributed by atoms with Crippen LogP contribution in [0.1, 0.15) is 31.1 Å². The van der Waals surface area contributed by atoms with Crippen LogP contribution in [0.15, 0.2) is 22.8 Å². The van der Waals surface area contributed by atoms with E-state index in [0.717, 1.165) is 24.9 Å². The van der Waals surface area contributed by atoms with Gasteiger partial charge in [0.25, 0.3) is 0 Å². The summed E-state index contributed by atoms with van der Waals surface area (Å²) in [6, 6.07) is 2.96. The molecule has 2 rings (SSSR count). The van der Waals surface area contributed by atoms with Crippen LogP contribution in [0.5, 0.6) is 0 Å². The summed E-state index contributed by atoms with van der Waals surface area (Å²) in [5.41, 5.74) is 0. The molecule has 1 N–H and O–H groups in total. The first-order valence-corrected chi connectivity index (χ1v) is 9.60. The predicted molar refractivity (Wildman–Crippen MR) is 87.3 cm³/mol. The molecule has 8 heteroatoms. The first-order valence-electron chi connectivity index (χ1n) is 7.75. The molecular weight excluding hydrogens is 318 g/mol. The standard InChI is InChI=1S/C15H25N3O4S/c1-17(2)13(14-8-6-10-22-14)11-16-15(19)12-7-4-5-9-18(12)23(3,20)21/h6,8,10,12-13H,4-5,7,9,11H2,1-3H3,(H,16,19). The smallest absolute Gasteiger partial charge is 0.238 e. The van der Waals surface area contributed by atoms with Gasteiger partial charge < -0.3 is 9.73 Å². The molecule has 2 heterocycles. The van der Waals surface area contributed by atoms with E-state index < -0.39 is 16.1 Å². The fourth-order valence-corrected chi connectivity index (χ4v) is 4.02. The molecule has 0 aliphatic carbocycles. The molecule has 0 saturated carbocycles. The molecule has 1 amide bonds. The van der Waals surface area contributed by atoms with Gasteiger partial charge in [-0.15, -0.1) is 0 Å². The molecule has 2 atom stereocenters. The molecule has 1 saturated heterocycles. The van der Waals surface area contributed by atoms with Crippen LogP contribution in [-0.4, -0.2) is 63.0 Å². The summed E-state index contributed by atoms with van der Waals surface area (Å²) in [6.07, 6.45) is 4.97. The molecule has 1 aliphatic rings. The van der Waals surface area contributed by atoms with Gasteiger partial charge in [0.2, 0.25) is 15.9 Å². The third kappa shape index (κ3) is 4.55. The Balaban J connectivity index is 2.02. The lowest BCUT2D eigenvalue weighted by molar-refractivity contribution is -0.125. The van der Waals surface area contributed by atoms with Crippen molar-refractivity contribution in [2.45, 2.75) is 31.3 Å². The van der Waals surface area contributed by atoms with Crippen LogP contribution >= 0.6 is 0 Å². The van der Waals surface area contributed by atoms with E-state index in [-0.39, 0.29) is 11.9 Å². The molecule has 1 aromatic heterocycles.